The van der Waals surface area contributed by atoms with Crippen molar-refractivity contribution in [1.82, 2.24) is 4.90 Å². The average Bonchev–Trinajstić information content (AvgIpc) is 2.41. The summed E-state index contributed by atoms with van der Waals surface area (Å²) < 4.78 is 0. The van der Waals surface area contributed by atoms with Gasteiger partial charge in [-0.2, -0.15) is 0 Å². The molecule has 0 saturated carbocycles. The maximum atomic E-state index is 2.72. The third kappa shape index (κ3) is 6.27. The highest BCUT2D eigenvalue weighted by molar-refractivity contribution is 6.84. The predicted molar refractivity (Wildman–Crippen MR) is 90.5 cm³/mol. The Morgan fingerprint density at radius 2 is 1.37 bits per heavy atom. The second-order valence-corrected chi connectivity index (χ2v) is 10.9. The lowest BCUT2D eigenvalue weighted by atomic mass is 10.1. The zero-order chi connectivity index (χ0) is 14.0. The summed E-state index contributed by atoms with van der Waals surface area (Å²) in [5.74, 6) is 0. The van der Waals surface area contributed by atoms with Gasteiger partial charge >= 0.3 is 0 Å². The maximum absolute atomic E-state index is 2.72. The van der Waals surface area contributed by atoms with Gasteiger partial charge in [-0.25, -0.2) is 0 Å². The van der Waals surface area contributed by atoms with Crippen molar-refractivity contribution in [3.63, 3.8) is 0 Å². The third-order valence-electron chi connectivity index (χ3n) is 4.53. The van der Waals surface area contributed by atoms with Crippen LogP contribution in [0.15, 0.2) is 11.8 Å². The largest absolute Gasteiger partial charge is 0.300 e. The zero-order valence-corrected chi connectivity index (χ0v) is 14.6. The van der Waals surface area contributed by atoms with Crippen LogP contribution in [-0.2, 0) is 0 Å². The molecule has 1 saturated heterocycles. The Labute approximate surface area is 122 Å². The molecule has 1 rings (SSSR count). The van der Waals surface area contributed by atoms with Crippen LogP contribution in [0, 0.1) is 0 Å². The Kier molecular flexibility index (Phi) is 8.72. The molecule has 1 fully saturated rings. The lowest BCUT2D eigenvalue weighted by Gasteiger charge is -2.29. The number of rotatable bonds is 9. The Morgan fingerprint density at radius 3 is 1.84 bits per heavy atom. The van der Waals surface area contributed by atoms with E-state index in [0.717, 1.165) is 0 Å². The van der Waals surface area contributed by atoms with Gasteiger partial charge in [-0.15, -0.1) is 0 Å². The quantitative estimate of drug-likeness (QED) is 0.522. The number of hydrogen-bond donors (Lipinski definition) is 0. The normalized spacial score (nSPS) is 18.3. The molecule has 1 heterocycles. The molecule has 19 heavy (non-hydrogen) atoms. The Balaban J connectivity index is 2.52. The van der Waals surface area contributed by atoms with Crippen LogP contribution in [-0.4, -0.2) is 32.6 Å². The molecule has 0 aromatic carbocycles. The standard InChI is InChI=1S/C17H35NSi/c1-4-14-19(15-5-2,16-6-3)17-10-13-18-11-8-7-9-12-18/h10,17H,4-9,11-16H2,1-3H3. The van der Waals surface area contributed by atoms with E-state index in [0.29, 0.717) is 0 Å². The monoisotopic (exact) mass is 281 g/mol. The number of nitrogens with zero attached hydrogens (tertiary/aromatic N) is 1. The summed E-state index contributed by atoms with van der Waals surface area (Å²) in [4.78, 5) is 2.64. The van der Waals surface area contributed by atoms with E-state index in [1.807, 2.05) is 0 Å². The van der Waals surface area contributed by atoms with Gasteiger partial charge in [0.15, 0.2) is 0 Å². The van der Waals surface area contributed by atoms with Crippen molar-refractivity contribution in [2.24, 2.45) is 0 Å². The second kappa shape index (κ2) is 9.76. The van der Waals surface area contributed by atoms with Crippen LogP contribution in [0.2, 0.25) is 18.1 Å². The van der Waals surface area contributed by atoms with E-state index >= 15 is 0 Å². The minimum atomic E-state index is -1.09. The van der Waals surface area contributed by atoms with Crippen molar-refractivity contribution in [2.45, 2.75) is 77.4 Å². The first-order valence-corrected chi connectivity index (χ1v) is 11.4. The van der Waals surface area contributed by atoms with Crippen molar-refractivity contribution < 1.29 is 0 Å². The molecule has 0 bridgehead atoms. The van der Waals surface area contributed by atoms with Gasteiger partial charge in [0.05, 0.1) is 8.07 Å². The van der Waals surface area contributed by atoms with Crippen molar-refractivity contribution in [3.05, 3.63) is 11.8 Å². The Bertz CT molecular complexity index is 227. The minimum Gasteiger partial charge on any atom is -0.300 e. The summed E-state index contributed by atoms with van der Waals surface area (Å²) >= 11 is 0. The van der Waals surface area contributed by atoms with Gasteiger partial charge in [-0.05, 0) is 25.9 Å². The molecule has 1 aliphatic heterocycles. The molecule has 0 unspecified atom stereocenters. The van der Waals surface area contributed by atoms with Crippen LogP contribution in [0.1, 0.15) is 59.3 Å². The van der Waals surface area contributed by atoms with E-state index in [4.69, 9.17) is 0 Å². The third-order valence-corrected chi connectivity index (χ3v) is 9.96. The maximum Gasteiger partial charge on any atom is 0.0774 e. The lowest BCUT2D eigenvalue weighted by molar-refractivity contribution is 0.251. The fraction of sp³-hybridized carbons (Fsp3) is 0.882. The van der Waals surface area contributed by atoms with E-state index in [2.05, 4.69) is 37.4 Å². The molecule has 0 spiro atoms. The molecule has 0 N–H and O–H groups in total. The van der Waals surface area contributed by atoms with Crippen molar-refractivity contribution in [2.75, 3.05) is 19.6 Å². The first-order chi connectivity index (χ1) is 9.26. The Hall–Kier alpha value is -0.0831. The fourth-order valence-electron chi connectivity index (χ4n) is 3.71. The van der Waals surface area contributed by atoms with Gasteiger partial charge < -0.3 is 0 Å². The van der Waals surface area contributed by atoms with Crippen molar-refractivity contribution >= 4 is 8.07 Å². The smallest absolute Gasteiger partial charge is 0.0774 e. The molecule has 0 aromatic heterocycles. The molecule has 0 amide bonds. The molecule has 112 valence electrons. The van der Waals surface area contributed by atoms with Crippen molar-refractivity contribution in [3.8, 4) is 0 Å². The molecular weight excluding hydrogens is 246 g/mol. The summed E-state index contributed by atoms with van der Waals surface area (Å²) in [5.41, 5.74) is 2.72. The van der Waals surface area contributed by atoms with Crippen LogP contribution < -0.4 is 0 Å². The van der Waals surface area contributed by atoms with E-state index in [1.54, 1.807) is 0 Å². The molecular formula is C17H35NSi. The highest BCUT2D eigenvalue weighted by Gasteiger charge is 2.26. The molecule has 0 atom stereocenters. The van der Waals surface area contributed by atoms with E-state index in [9.17, 15) is 0 Å². The first-order valence-electron chi connectivity index (χ1n) is 8.66. The topological polar surface area (TPSA) is 3.24 Å². The number of piperidine rings is 1. The highest BCUT2D eigenvalue weighted by Crippen LogP contribution is 2.27. The summed E-state index contributed by atoms with van der Waals surface area (Å²) in [5, 5.41) is 0. The first kappa shape index (κ1) is 17.0. The summed E-state index contributed by atoms with van der Waals surface area (Å²) in [7, 11) is -1.09. The number of likely N-dealkylation sites (tertiary alicyclic amines) is 1. The molecule has 1 nitrogen and oxygen atoms in total. The SMILES string of the molecule is CCC[Si](C=CCN1CCCCC1)(CCC)CCC. The van der Waals surface area contributed by atoms with E-state index in [1.165, 1.54) is 76.3 Å². The predicted octanol–water partition coefficient (Wildman–Crippen LogP) is 5.25. The lowest BCUT2D eigenvalue weighted by Crippen LogP contribution is -2.33. The van der Waals surface area contributed by atoms with Gasteiger partial charge in [-0.1, -0.05) is 76.4 Å². The average molecular weight is 282 g/mol. The van der Waals surface area contributed by atoms with Crippen LogP contribution in [0.3, 0.4) is 0 Å². The van der Waals surface area contributed by atoms with Gasteiger partial charge in [0.2, 0.25) is 0 Å². The zero-order valence-electron chi connectivity index (χ0n) is 13.6. The van der Waals surface area contributed by atoms with E-state index in [-0.39, 0.29) is 0 Å². The van der Waals surface area contributed by atoms with Gasteiger partial charge in [-0.3, -0.25) is 4.90 Å². The van der Waals surface area contributed by atoms with Gasteiger partial charge in [0.1, 0.15) is 0 Å². The second-order valence-electron chi connectivity index (χ2n) is 6.38. The molecule has 0 aromatic rings. The fourth-order valence-corrected chi connectivity index (χ4v) is 8.56. The molecule has 1 aliphatic rings. The van der Waals surface area contributed by atoms with Crippen LogP contribution in [0.4, 0.5) is 0 Å². The van der Waals surface area contributed by atoms with Crippen molar-refractivity contribution in [1.29, 1.82) is 0 Å². The highest BCUT2D eigenvalue weighted by atomic mass is 28.3. The van der Waals surface area contributed by atoms with Gasteiger partial charge in [0.25, 0.3) is 0 Å². The molecule has 0 aliphatic carbocycles. The van der Waals surface area contributed by atoms with Crippen LogP contribution >= 0.6 is 0 Å². The summed E-state index contributed by atoms with van der Waals surface area (Å²) in [6.45, 7) is 11.0. The molecule has 0 radical (unpaired) electrons. The number of hydrogen-bond acceptors (Lipinski definition) is 1. The van der Waals surface area contributed by atoms with E-state index < -0.39 is 8.07 Å². The van der Waals surface area contributed by atoms with Crippen LogP contribution in [0.25, 0.3) is 0 Å². The summed E-state index contributed by atoms with van der Waals surface area (Å²) in [6, 6.07) is 4.52. The molecule has 2 heteroatoms. The van der Waals surface area contributed by atoms with Gasteiger partial charge in [0, 0.05) is 6.54 Å². The Morgan fingerprint density at radius 1 is 0.842 bits per heavy atom. The summed E-state index contributed by atoms with van der Waals surface area (Å²) in [6.07, 6.45) is 10.9. The van der Waals surface area contributed by atoms with Crippen LogP contribution in [0.5, 0.6) is 0 Å². The minimum absolute atomic E-state index is 1.09.